The van der Waals surface area contributed by atoms with E-state index >= 15 is 0 Å². The molecule has 206 valence electrons. The van der Waals surface area contributed by atoms with Gasteiger partial charge in [-0.1, -0.05) is 12.1 Å². The van der Waals surface area contributed by atoms with Gasteiger partial charge in [-0.15, -0.1) is 0 Å². The van der Waals surface area contributed by atoms with Crippen LogP contribution in [0.1, 0.15) is 19.4 Å². The van der Waals surface area contributed by atoms with Crippen LogP contribution in [-0.4, -0.2) is 50.0 Å². The maximum atomic E-state index is 13.6. The van der Waals surface area contributed by atoms with Gasteiger partial charge in [0.25, 0.3) is 0 Å². The molecular formula is C27H27FN7O4P. The van der Waals surface area contributed by atoms with Crippen LogP contribution in [0.3, 0.4) is 0 Å². The average molecular weight is 564 g/mol. The summed E-state index contributed by atoms with van der Waals surface area (Å²) in [6, 6.07) is 13.8. The largest absolute Gasteiger partial charge is 0.340 e. The Hall–Kier alpha value is -4.25. The third-order valence-corrected chi connectivity index (χ3v) is 7.88. The topological polar surface area (TPSA) is 133 Å². The van der Waals surface area contributed by atoms with E-state index in [0.29, 0.717) is 23.3 Å². The van der Waals surface area contributed by atoms with E-state index in [1.807, 2.05) is 28.9 Å². The predicted octanol–water partition coefficient (Wildman–Crippen LogP) is 5.51. The second-order valence-electron chi connectivity index (χ2n) is 8.79. The first kappa shape index (κ1) is 27.3. The van der Waals surface area contributed by atoms with Gasteiger partial charge in [-0.05, 0) is 55.8 Å². The van der Waals surface area contributed by atoms with Crippen molar-refractivity contribution in [2.45, 2.75) is 20.4 Å². The summed E-state index contributed by atoms with van der Waals surface area (Å²) in [7, 11) is -3.56. The van der Waals surface area contributed by atoms with Gasteiger partial charge in [0, 0.05) is 16.5 Å². The Morgan fingerprint density at radius 1 is 1.02 bits per heavy atom. The lowest BCUT2D eigenvalue weighted by Gasteiger charge is -2.16. The van der Waals surface area contributed by atoms with Crippen molar-refractivity contribution in [3.05, 3.63) is 78.6 Å². The normalized spacial score (nSPS) is 11.7. The van der Waals surface area contributed by atoms with Gasteiger partial charge < -0.3 is 19.7 Å². The van der Waals surface area contributed by atoms with E-state index < -0.39 is 19.7 Å². The van der Waals surface area contributed by atoms with Gasteiger partial charge in [-0.2, -0.15) is 5.10 Å². The van der Waals surface area contributed by atoms with Gasteiger partial charge >= 0.3 is 7.60 Å². The molecule has 0 bridgehead atoms. The number of anilines is 3. The highest BCUT2D eigenvalue weighted by Crippen LogP contribution is 2.47. The van der Waals surface area contributed by atoms with E-state index in [2.05, 4.69) is 30.7 Å². The average Bonchev–Trinajstić information content (AvgIpc) is 3.31. The molecule has 0 aliphatic rings. The van der Waals surface area contributed by atoms with Crippen molar-refractivity contribution >= 4 is 52.6 Å². The van der Waals surface area contributed by atoms with Crippen molar-refractivity contribution in [1.29, 1.82) is 0 Å². The van der Waals surface area contributed by atoms with Gasteiger partial charge in [0.2, 0.25) is 5.91 Å². The summed E-state index contributed by atoms with van der Waals surface area (Å²) in [6.45, 7) is 4.12. The number of hydrogen-bond acceptors (Lipinski definition) is 9. The smallest absolute Gasteiger partial charge is 0.340 e. The zero-order valence-corrected chi connectivity index (χ0v) is 22.8. The molecule has 3 aromatic heterocycles. The van der Waals surface area contributed by atoms with Crippen molar-refractivity contribution in [2.24, 2.45) is 0 Å². The quantitative estimate of drug-likeness (QED) is 0.200. The second-order valence-corrected chi connectivity index (χ2v) is 10.8. The first-order chi connectivity index (χ1) is 19.4. The van der Waals surface area contributed by atoms with Gasteiger partial charge in [-0.25, -0.2) is 19.3 Å². The molecule has 3 heterocycles. The lowest BCUT2D eigenvalue weighted by molar-refractivity contribution is -0.114. The third kappa shape index (κ3) is 6.31. The lowest BCUT2D eigenvalue weighted by atomic mass is 10.2. The van der Waals surface area contributed by atoms with Crippen LogP contribution in [0, 0.1) is 5.82 Å². The first-order valence-electron chi connectivity index (χ1n) is 12.6. The summed E-state index contributed by atoms with van der Waals surface area (Å²) in [5.74, 6) is -0.0942. The van der Waals surface area contributed by atoms with E-state index in [-0.39, 0.29) is 24.8 Å². The fourth-order valence-electron chi connectivity index (χ4n) is 4.24. The summed E-state index contributed by atoms with van der Waals surface area (Å²) < 4.78 is 38.5. The van der Waals surface area contributed by atoms with Gasteiger partial charge in [-0.3, -0.25) is 14.0 Å². The fourth-order valence-corrected chi connectivity index (χ4v) is 5.72. The lowest BCUT2D eigenvalue weighted by Crippen LogP contribution is -2.19. The molecule has 0 saturated carbocycles. The van der Waals surface area contributed by atoms with Gasteiger partial charge in [0.1, 0.15) is 29.9 Å². The standard InChI is InChI=1S/C27H27FN7O4P/c1-3-38-40(37,39-4-2)16-26(36)34-25-12-22-23(14-29-25)30-17-31-27(22)33-21-8-9-24-19(11-21)13-32-35(24)15-18-6-5-7-20(28)10-18/h5-14,17H,3-4,15-16H2,1-2H3,(H,29,34,36)(H,30,31,33). The molecule has 11 nitrogen and oxygen atoms in total. The van der Waals surface area contributed by atoms with Crippen LogP contribution in [0.25, 0.3) is 21.8 Å². The summed E-state index contributed by atoms with van der Waals surface area (Å²) in [6.07, 6.45) is 4.25. The number of aromatic nitrogens is 5. The van der Waals surface area contributed by atoms with E-state index in [4.69, 9.17) is 9.05 Å². The SMILES string of the molecule is CCOP(=O)(CC(=O)Nc1cc2c(Nc3ccc4c(cnn4Cc4cccc(F)c4)c3)ncnc2cn1)OCC. The Kier molecular flexibility index (Phi) is 8.11. The molecule has 0 radical (unpaired) electrons. The zero-order chi connectivity index (χ0) is 28.1. The number of nitrogens with one attached hydrogen (secondary N) is 2. The van der Waals surface area contributed by atoms with Crippen molar-refractivity contribution in [2.75, 3.05) is 30.0 Å². The molecule has 0 saturated heterocycles. The minimum absolute atomic E-state index is 0.157. The Morgan fingerprint density at radius 2 is 1.85 bits per heavy atom. The number of halogens is 1. The number of nitrogens with zero attached hydrogens (tertiary/aromatic N) is 5. The molecular weight excluding hydrogens is 536 g/mol. The summed E-state index contributed by atoms with van der Waals surface area (Å²) >= 11 is 0. The highest BCUT2D eigenvalue weighted by atomic mass is 31.2. The van der Waals surface area contributed by atoms with Crippen molar-refractivity contribution < 1.29 is 22.8 Å². The Labute approximate surface area is 229 Å². The number of hydrogen-bond donors (Lipinski definition) is 2. The Morgan fingerprint density at radius 3 is 2.62 bits per heavy atom. The van der Waals surface area contributed by atoms with Gasteiger partial charge in [0.05, 0.1) is 43.2 Å². The number of pyridine rings is 1. The van der Waals surface area contributed by atoms with Crippen LogP contribution in [0.4, 0.5) is 21.7 Å². The highest BCUT2D eigenvalue weighted by molar-refractivity contribution is 7.54. The van der Waals surface area contributed by atoms with Crippen molar-refractivity contribution in [1.82, 2.24) is 24.7 Å². The molecule has 13 heteroatoms. The minimum Gasteiger partial charge on any atom is -0.340 e. The molecule has 5 aromatic rings. The number of carbonyl (C=O) groups excluding carboxylic acids is 1. The van der Waals surface area contributed by atoms with Crippen LogP contribution in [-0.2, 0) is 25.0 Å². The number of fused-ring (bicyclic) bond motifs is 2. The molecule has 0 unspecified atom stereocenters. The Balaban J connectivity index is 1.35. The van der Waals surface area contributed by atoms with Crippen LogP contribution in [0.5, 0.6) is 0 Å². The zero-order valence-electron chi connectivity index (χ0n) is 21.9. The fraction of sp³-hybridized carbons (Fsp3) is 0.222. The summed E-state index contributed by atoms with van der Waals surface area (Å²) in [4.78, 5) is 25.5. The maximum absolute atomic E-state index is 13.6. The van der Waals surface area contributed by atoms with Crippen LogP contribution in [0.2, 0.25) is 0 Å². The minimum atomic E-state index is -3.56. The van der Waals surface area contributed by atoms with Crippen molar-refractivity contribution in [3.63, 3.8) is 0 Å². The number of carbonyl (C=O) groups is 1. The molecule has 0 fully saturated rings. The maximum Gasteiger partial charge on any atom is 0.340 e. The van der Waals surface area contributed by atoms with Crippen LogP contribution >= 0.6 is 7.60 Å². The number of benzene rings is 2. The van der Waals surface area contributed by atoms with E-state index in [9.17, 15) is 13.8 Å². The van der Waals surface area contributed by atoms with Crippen molar-refractivity contribution in [3.8, 4) is 0 Å². The number of amides is 1. The molecule has 40 heavy (non-hydrogen) atoms. The summed E-state index contributed by atoms with van der Waals surface area (Å²) in [5, 5.41) is 11.9. The highest BCUT2D eigenvalue weighted by Gasteiger charge is 2.28. The Bertz CT molecular complexity index is 1720. The predicted molar refractivity (Wildman–Crippen MR) is 150 cm³/mol. The molecule has 2 N–H and O–H groups in total. The second kappa shape index (κ2) is 11.9. The molecule has 0 spiro atoms. The third-order valence-electron chi connectivity index (χ3n) is 5.90. The monoisotopic (exact) mass is 563 g/mol. The molecule has 0 atom stereocenters. The number of rotatable bonds is 11. The van der Waals surface area contributed by atoms with E-state index in [0.717, 1.165) is 22.2 Å². The van der Waals surface area contributed by atoms with Crippen LogP contribution in [0.15, 0.2) is 67.3 Å². The van der Waals surface area contributed by atoms with Crippen LogP contribution < -0.4 is 10.6 Å². The van der Waals surface area contributed by atoms with E-state index in [1.165, 1.54) is 24.7 Å². The molecule has 2 aromatic carbocycles. The molecule has 5 rings (SSSR count). The van der Waals surface area contributed by atoms with E-state index in [1.54, 1.807) is 32.2 Å². The molecule has 0 aliphatic carbocycles. The summed E-state index contributed by atoms with van der Waals surface area (Å²) in [5.41, 5.74) is 3.03. The molecule has 0 aliphatic heterocycles. The first-order valence-corrected chi connectivity index (χ1v) is 14.3. The van der Waals surface area contributed by atoms with Gasteiger partial charge in [0.15, 0.2) is 0 Å². The molecule has 1 amide bonds.